The first-order valence-electron chi connectivity index (χ1n) is 6.39. The van der Waals surface area contributed by atoms with Gasteiger partial charge in [0.05, 0.1) is 12.4 Å². The van der Waals surface area contributed by atoms with Gasteiger partial charge in [-0.25, -0.2) is 0 Å². The molecule has 1 aliphatic rings. The van der Waals surface area contributed by atoms with Crippen LogP contribution in [0.4, 0.5) is 5.82 Å². The molecule has 3 heterocycles. The standard InChI is InChI=1S/C11H17N7/c1-2-12-6-9-4-3-5-17(9)11-8-13-7-10-14-15-16-18(10)11/h7-9,12H,2-6H2,1H3. The van der Waals surface area contributed by atoms with Crippen molar-refractivity contribution >= 4 is 11.5 Å². The van der Waals surface area contributed by atoms with Crippen molar-refractivity contribution < 1.29 is 0 Å². The van der Waals surface area contributed by atoms with E-state index < -0.39 is 0 Å². The number of fused-ring (bicyclic) bond motifs is 1. The molecule has 1 aliphatic heterocycles. The summed E-state index contributed by atoms with van der Waals surface area (Å²) >= 11 is 0. The van der Waals surface area contributed by atoms with Gasteiger partial charge in [-0.1, -0.05) is 6.92 Å². The number of aromatic nitrogens is 5. The molecule has 1 saturated heterocycles. The van der Waals surface area contributed by atoms with Crippen LogP contribution in [0.3, 0.4) is 0 Å². The highest BCUT2D eigenvalue weighted by molar-refractivity contribution is 5.47. The van der Waals surface area contributed by atoms with Crippen LogP contribution in [-0.4, -0.2) is 50.7 Å². The first-order chi connectivity index (χ1) is 8.90. The van der Waals surface area contributed by atoms with Crippen LogP contribution in [0.25, 0.3) is 5.65 Å². The molecule has 1 atom stereocenters. The van der Waals surface area contributed by atoms with Crippen molar-refractivity contribution in [1.29, 1.82) is 0 Å². The Balaban J connectivity index is 1.90. The van der Waals surface area contributed by atoms with Gasteiger partial charge in [-0.05, 0) is 29.8 Å². The van der Waals surface area contributed by atoms with E-state index in [0.29, 0.717) is 11.7 Å². The van der Waals surface area contributed by atoms with E-state index in [1.807, 2.05) is 6.20 Å². The van der Waals surface area contributed by atoms with Crippen LogP contribution in [0.1, 0.15) is 19.8 Å². The van der Waals surface area contributed by atoms with E-state index in [-0.39, 0.29) is 0 Å². The zero-order valence-electron chi connectivity index (χ0n) is 10.5. The number of tetrazole rings is 1. The fraction of sp³-hybridized carbons (Fsp3) is 0.636. The summed E-state index contributed by atoms with van der Waals surface area (Å²) in [6.07, 6.45) is 5.92. The molecule has 0 bridgehead atoms. The number of hydrogen-bond acceptors (Lipinski definition) is 6. The summed E-state index contributed by atoms with van der Waals surface area (Å²) in [5, 5.41) is 15.1. The third-order valence-electron chi connectivity index (χ3n) is 3.39. The summed E-state index contributed by atoms with van der Waals surface area (Å²) in [6.45, 7) is 5.16. The van der Waals surface area contributed by atoms with Crippen LogP contribution in [0.15, 0.2) is 12.4 Å². The van der Waals surface area contributed by atoms with Gasteiger partial charge < -0.3 is 10.2 Å². The molecule has 7 heteroatoms. The Morgan fingerprint density at radius 3 is 3.28 bits per heavy atom. The van der Waals surface area contributed by atoms with Crippen molar-refractivity contribution in [3.05, 3.63) is 12.4 Å². The molecule has 0 amide bonds. The minimum absolute atomic E-state index is 0.501. The monoisotopic (exact) mass is 247 g/mol. The Morgan fingerprint density at radius 2 is 2.39 bits per heavy atom. The van der Waals surface area contributed by atoms with Crippen molar-refractivity contribution in [2.75, 3.05) is 24.5 Å². The predicted octanol–water partition coefficient (Wildman–Crippen LogP) is 0.0976. The number of anilines is 1. The van der Waals surface area contributed by atoms with Crippen LogP contribution in [0, 0.1) is 0 Å². The van der Waals surface area contributed by atoms with Gasteiger partial charge in [0.1, 0.15) is 0 Å². The van der Waals surface area contributed by atoms with Crippen LogP contribution < -0.4 is 10.2 Å². The molecule has 1 unspecified atom stereocenters. The zero-order valence-corrected chi connectivity index (χ0v) is 10.5. The molecule has 1 N–H and O–H groups in total. The average molecular weight is 247 g/mol. The summed E-state index contributed by atoms with van der Waals surface area (Å²) in [5.41, 5.74) is 0.696. The first kappa shape index (κ1) is 11.3. The van der Waals surface area contributed by atoms with E-state index in [2.05, 4.69) is 37.6 Å². The second kappa shape index (κ2) is 4.85. The van der Waals surface area contributed by atoms with Crippen molar-refractivity contribution in [1.82, 2.24) is 30.3 Å². The smallest absolute Gasteiger partial charge is 0.199 e. The molecule has 0 radical (unpaired) electrons. The molecule has 2 aromatic heterocycles. The van der Waals surface area contributed by atoms with E-state index in [4.69, 9.17) is 0 Å². The normalized spacial score (nSPS) is 19.8. The first-order valence-corrected chi connectivity index (χ1v) is 6.39. The summed E-state index contributed by atoms with van der Waals surface area (Å²) in [4.78, 5) is 6.57. The van der Waals surface area contributed by atoms with Crippen molar-refractivity contribution in [3.63, 3.8) is 0 Å². The lowest BCUT2D eigenvalue weighted by Gasteiger charge is -2.26. The minimum atomic E-state index is 0.501. The van der Waals surface area contributed by atoms with Gasteiger partial charge >= 0.3 is 0 Å². The molecule has 0 spiro atoms. The third kappa shape index (κ3) is 1.90. The van der Waals surface area contributed by atoms with Crippen LogP contribution >= 0.6 is 0 Å². The van der Waals surface area contributed by atoms with Gasteiger partial charge in [0.25, 0.3) is 0 Å². The van der Waals surface area contributed by atoms with E-state index >= 15 is 0 Å². The Bertz CT molecular complexity index is 523. The fourth-order valence-electron chi connectivity index (χ4n) is 2.52. The highest BCUT2D eigenvalue weighted by Gasteiger charge is 2.26. The molecule has 0 saturated carbocycles. The average Bonchev–Trinajstić information content (AvgIpc) is 3.04. The Labute approximate surface area is 105 Å². The van der Waals surface area contributed by atoms with Gasteiger partial charge in [0, 0.05) is 19.1 Å². The Kier molecular flexibility index (Phi) is 3.06. The van der Waals surface area contributed by atoms with Gasteiger partial charge in [0.15, 0.2) is 11.5 Å². The van der Waals surface area contributed by atoms with E-state index in [1.54, 1.807) is 10.7 Å². The fourth-order valence-corrected chi connectivity index (χ4v) is 2.52. The van der Waals surface area contributed by atoms with Gasteiger partial charge in [-0.15, -0.1) is 5.10 Å². The zero-order chi connectivity index (χ0) is 12.4. The van der Waals surface area contributed by atoms with Crippen molar-refractivity contribution in [2.45, 2.75) is 25.8 Å². The second-order valence-electron chi connectivity index (χ2n) is 4.51. The third-order valence-corrected chi connectivity index (χ3v) is 3.39. The molecule has 18 heavy (non-hydrogen) atoms. The number of nitrogens with one attached hydrogen (secondary N) is 1. The van der Waals surface area contributed by atoms with Crippen molar-refractivity contribution in [2.24, 2.45) is 0 Å². The molecular weight excluding hydrogens is 230 g/mol. The molecule has 3 rings (SSSR count). The molecule has 0 aromatic carbocycles. The lowest BCUT2D eigenvalue weighted by molar-refractivity contribution is 0.580. The molecule has 7 nitrogen and oxygen atoms in total. The van der Waals surface area contributed by atoms with E-state index in [0.717, 1.165) is 25.5 Å². The minimum Gasteiger partial charge on any atom is -0.351 e. The largest absolute Gasteiger partial charge is 0.351 e. The maximum Gasteiger partial charge on any atom is 0.199 e. The topological polar surface area (TPSA) is 71.2 Å². The predicted molar refractivity (Wildman–Crippen MR) is 67.5 cm³/mol. The summed E-state index contributed by atoms with van der Waals surface area (Å²) in [5.74, 6) is 0.984. The summed E-state index contributed by atoms with van der Waals surface area (Å²) in [7, 11) is 0. The molecule has 2 aromatic rings. The molecule has 0 aliphatic carbocycles. The lowest BCUT2D eigenvalue weighted by Crippen LogP contribution is -2.39. The second-order valence-corrected chi connectivity index (χ2v) is 4.51. The number of hydrogen-bond donors (Lipinski definition) is 1. The quantitative estimate of drug-likeness (QED) is 0.826. The van der Waals surface area contributed by atoms with Crippen molar-refractivity contribution in [3.8, 4) is 0 Å². The Hall–Kier alpha value is -1.76. The molecule has 1 fully saturated rings. The lowest BCUT2D eigenvalue weighted by atomic mass is 10.2. The van der Waals surface area contributed by atoms with E-state index in [1.165, 1.54) is 12.8 Å². The summed E-state index contributed by atoms with van der Waals surface area (Å²) in [6, 6.07) is 0.501. The number of rotatable bonds is 4. The highest BCUT2D eigenvalue weighted by atomic mass is 15.5. The SMILES string of the molecule is CCNCC1CCCN1c1cncc2nnnn12. The summed E-state index contributed by atoms with van der Waals surface area (Å²) < 4.78 is 1.76. The Morgan fingerprint density at radius 1 is 1.44 bits per heavy atom. The number of likely N-dealkylation sites (N-methyl/N-ethyl adjacent to an activating group) is 1. The highest BCUT2D eigenvalue weighted by Crippen LogP contribution is 2.24. The molecule has 96 valence electrons. The molecular formula is C11H17N7. The maximum atomic E-state index is 4.22. The van der Waals surface area contributed by atoms with Crippen LogP contribution in [-0.2, 0) is 0 Å². The van der Waals surface area contributed by atoms with Crippen LogP contribution in [0.5, 0.6) is 0 Å². The number of nitrogens with zero attached hydrogens (tertiary/aromatic N) is 6. The van der Waals surface area contributed by atoms with Crippen LogP contribution in [0.2, 0.25) is 0 Å². The van der Waals surface area contributed by atoms with Gasteiger partial charge in [0.2, 0.25) is 0 Å². The van der Waals surface area contributed by atoms with Gasteiger partial charge in [-0.3, -0.25) is 4.98 Å². The van der Waals surface area contributed by atoms with E-state index in [9.17, 15) is 0 Å². The van der Waals surface area contributed by atoms with Gasteiger partial charge in [-0.2, -0.15) is 4.52 Å². The maximum absolute atomic E-state index is 4.22.